The van der Waals surface area contributed by atoms with Crippen LogP contribution in [0, 0.1) is 0 Å². The first kappa shape index (κ1) is 19.3. The molecule has 0 aromatic heterocycles. The molecule has 0 aliphatic rings. The molecule has 0 fully saturated rings. The van der Waals surface area contributed by atoms with E-state index in [0.717, 1.165) is 18.4 Å². The molecule has 0 aliphatic carbocycles. The van der Waals surface area contributed by atoms with Gasteiger partial charge in [-0.2, -0.15) is 12.7 Å². The molecule has 0 radical (unpaired) electrons. The molecule has 0 spiro atoms. The van der Waals surface area contributed by atoms with Gasteiger partial charge in [0.2, 0.25) is 0 Å². The lowest BCUT2D eigenvalue weighted by Crippen LogP contribution is -2.40. The summed E-state index contributed by atoms with van der Waals surface area (Å²) >= 11 is 0. The second kappa shape index (κ2) is 10.1. The number of halogens is 1. The number of benzene rings is 1. The SMILES string of the molecule is CCN(Cc1ccccc1)S(=O)(=O)NCCCCN.Cl. The van der Waals surface area contributed by atoms with Gasteiger partial charge in [-0.3, -0.25) is 0 Å². The number of nitrogens with one attached hydrogen (secondary N) is 1. The molecule has 0 saturated heterocycles. The third-order valence-electron chi connectivity index (χ3n) is 2.81. The van der Waals surface area contributed by atoms with Crippen molar-refractivity contribution in [1.29, 1.82) is 0 Å². The summed E-state index contributed by atoms with van der Waals surface area (Å²) in [7, 11) is -3.41. The number of hydrogen-bond acceptors (Lipinski definition) is 3. The lowest BCUT2D eigenvalue weighted by atomic mass is 10.2. The van der Waals surface area contributed by atoms with E-state index in [2.05, 4.69) is 4.72 Å². The minimum atomic E-state index is -3.41. The normalized spacial score (nSPS) is 11.3. The van der Waals surface area contributed by atoms with Crippen molar-refractivity contribution >= 4 is 22.6 Å². The Balaban J connectivity index is 0.00000361. The maximum absolute atomic E-state index is 12.1. The number of rotatable bonds is 9. The Kier molecular flexibility index (Phi) is 9.79. The highest BCUT2D eigenvalue weighted by molar-refractivity contribution is 7.87. The molecule has 116 valence electrons. The summed E-state index contributed by atoms with van der Waals surface area (Å²) in [6.45, 7) is 3.70. The third kappa shape index (κ3) is 6.67. The van der Waals surface area contributed by atoms with Gasteiger partial charge in [0.15, 0.2) is 0 Å². The van der Waals surface area contributed by atoms with E-state index in [1.54, 1.807) is 0 Å². The highest BCUT2D eigenvalue weighted by Gasteiger charge is 2.19. The Morgan fingerprint density at radius 3 is 2.40 bits per heavy atom. The molecule has 5 nitrogen and oxygen atoms in total. The van der Waals surface area contributed by atoms with Gasteiger partial charge in [0.25, 0.3) is 10.2 Å². The smallest absolute Gasteiger partial charge is 0.279 e. The van der Waals surface area contributed by atoms with Crippen LogP contribution >= 0.6 is 12.4 Å². The zero-order chi connectivity index (χ0) is 14.1. The number of unbranched alkanes of at least 4 members (excludes halogenated alkanes) is 1. The topological polar surface area (TPSA) is 75.4 Å². The minimum absolute atomic E-state index is 0. The maximum atomic E-state index is 12.1. The van der Waals surface area contributed by atoms with Crippen LogP contribution in [-0.4, -0.2) is 32.4 Å². The van der Waals surface area contributed by atoms with Gasteiger partial charge in [-0.15, -0.1) is 12.4 Å². The van der Waals surface area contributed by atoms with E-state index in [1.807, 2.05) is 37.3 Å². The molecule has 0 atom stereocenters. The van der Waals surface area contributed by atoms with E-state index in [0.29, 0.717) is 26.2 Å². The van der Waals surface area contributed by atoms with Gasteiger partial charge in [-0.25, -0.2) is 4.72 Å². The van der Waals surface area contributed by atoms with Crippen LogP contribution in [0.1, 0.15) is 25.3 Å². The van der Waals surface area contributed by atoms with Crippen molar-refractivity contribution in [2.24, 2.45) is 5.73 Å². The molecule has 0 bridgehead atoms. The lowest BCUT2D eigenvalue weighted by molar-refractivity contribution is 0.413. The van der Waals surface area contributed by atoms with Crippen molar-refractivity contribution in [3.63, 3.8) is 0 Å². The quantitative estimate of drug-likeness (QED) is 0.677. The first-order valence-electron chi connectivity index (χ1n) is 6.59. The molecule has 3 N–H and O–H groups in total. The van der Waals surface area contributed by atoms with E-state index in [9.17, 15) is 8.42 Å². The predicted octanol–water partition coefficient (Wildman–Crippen LogP) is 1.50. The predicted molar refractivity (Wildman–Crippen MR) is 85.0 cm³/mol. The van der Waals surface area contributed by atoms with Crippen LogP contribution in [0.15, 0.2) is 30.3 Å². The Morgan fingerprint density at radius 2 is 1.85 bits per heavy atom. The fraction of sp³-hybridized carbons (Fsp3) is 0.538. The van der Waals surface area contributed by atoms with Gasteiger partial charge in [0, 0.05) is 19.6 Å². The van der Waals surface area contributed by atoms with Crippen molar-refractivity contribution in [2.75, 3.05) is 19.6 Å². The van der Waals surface area contributed by atoms with Crippen LogP contribution in [-0.2, 0) is 16.8 Å². The van der Waals surface area contributed by atoms with Crippen molar-refractivity contribution in [3.05, 3.63) is 35.9 Å². The number of nitrogens with two attached hydrogens (primary N) is 1. The lowest BCUT2D eigenvalue weighted by Gasteiger charge is -2.20. The fourth-order valence-electron chi connectivity index (χ4n) is 1.72. The van der Waals surface area contributed by atoms with Crippen LogP contribution in [0.2, 0.25) is 0 Å². The second-order valence-corrected chi connectivity index (χ2v) is 6.06. The summed E-state index contributed by atoms with van der Waals surface area (Å²) < 4.78 is 28.3. The van der Waals surface area contributed by atoms with E-state index in [4.69, 9.17) is 5.73 Å². The van der Waals surface area contributed by atoms with Gasteiger partial charge >= 0.3 is 0 Å². The summed E-state index contributed by atoms with van der Waals surface area (Å²) in [6, 6.07) is 9.58. The van der Waals surface area contributed by atoms with Crippen molar-refractivity contribution in [2.45, 2.75) is 26.3 Å². The molecule has 1 rings (SSSR count). The first-order chi connectivity index (χ1) is 9.10. The van der Waals surface area contributed by atoms with Crippen LogP contribution in [0.4, 0.5) is 0 Å². The van der Waals surface area contributed by atoms with E-state index >= 15 is 0 Å². The summed E-state index contributed by atoms with van der Waals surface area (Å²) in [6.07, 6.45) is 1.59. The largest absolute Gasteiger partial charge is 0.330 e. The highest BCUT2D eigenvalue weighted by Crippen LogP contribution is 2.07. The van der Waals surface area contributed by atoms with Crippen LogP contribution in [0.25, 0.3) is 0 Å². The molecule has 0 aliphatic heterocycles. The molecule has 0 amide bonds. The average molecular weight is 322 g/mol. The summed E-state index contributed by atoms with van der Waals surface area (Å²) in [5.41, 5.74) is 6.36. The summed E-state index contributed by atoms with van der Waals surface area (Å²) in [5.74, 6) is 0. The molecule has 0 saturated carbocycles. The summed E-state index contributed by atoms with van der Waals surface area (Å²) in [5, 5.41) is 0. The maximum Gasteiger partial charge on any atom is 0.279 e. The number of nitrogens with zero attached hydrogens (tertiary/aromatic N) is 1. The van der Waals surface area contributed by atoms with Gasteiger partial charge < -0.3 is 5.73 Å². The van der Waals surface area contributed by atoms with Gasteiger partial charge in [-0.1, -0.05) is 37.3 Å². The van der Waals surface area contributed by atoms with E-state index < -0.39 is 10.2 Å². The fourth-order valence-corrected chi connectivity index (χ4v) is 2.96. The van der Waals surface area contributed by atoms with Gasteiger partial charge in [-0.05, 0) is 24.9 Å². The Hall–Kier alpha value is -0.660. The second-order valence-electron chi connectivity index (χ2n) is 4.31. The van der Waals surface area contributed by atoms with Crippen LogP contribution in [0.3, 0.4) is 0 Å². The third-order valence-corrected chi connectivity index (χ3v) is 4.45. The molecule has 1 aromatic rings. The molecule has 20 heavy (non-hydrogen) atoms. The van der Waals surface area contributed by atoms with Crippen LogP contribution in [0.5, 0.6) is 0 Å². The summed E-state index contributed by atoms with van der Waals surface area (Å²) in [4.78, 5) is 0. The van der Waals surface area contributed by atoms with Crippen molar-refractivity contribution in [1.82, 2.24) is 9.03 Å². The van der Waals surface area contributed by atoms with Crippen molar-refractivity contribution < 1.29 is 8.42 Å². The Bertz CT molecular complexity index is 454. The zero-order valence-corrected chi connectivity index (χ0v) is 13.4. The molecular weight excluding hydrogens is 298 g/mol. The Morgan fingerprint density at radius 1 is 1.20 bits per heavy atom. The Labute approximate surface area is 128 Å². The monoisotopic (exact) mass is 321 g/mol. The number of hydrogen-bond donors (Lipinski definition) is 2. The van der Waals surface area contributed by atoms with Crippen LogP contribution < -0.4 is 10.5 Å². The molecule has 0 heterocycles. The first-order valence-corrected chi connectivity index (χ1v) is 8.03. The molecular formula is C13H24ClN3O2S. The minimum Gasteiger partial charge on any atom is -0.330 e. The van der Waals surface area contributed by atoms with Gasteiger partial charge in [0.1, 0.15) is 0 Å². The molecule has 7 heteroatoms. The zero-order valence-electron chi connectivity index (χ0n) is 11.8. The highest BCUT2D eigenvalue weighted by atomic mass is 35.5. The molecule has 0 unspecified atom stereocenters. The van der Waals surface area contributed by atoms with E-state index in [-0.39, 0.29) is 12.4 Å². The average Bonchev–Trinajstić information content (AvgIpc) is 2.42. The van der Waals surface area contributed by atoms with Crippen molar-refractivity contribution in [3.8, 4) is 0 Å². The standard InChI is InChI=1S/C13H23N3O2S.ClH/c1-2-16(12-13-8-4-3-5-9-13)19(17,18)15-11-7-6-10-14;/h3-5,8-9,15H,2,6-7,10-12,14H2,1H3;1H. The van der Waals surface area contributed by atoms with E-state index in [1.165, 1.54) is 4.31 Å². The van der Waals surface area contributed by atoms with Gasteiger partial charge in [0.05, 0.1) is 0 Å². The molecule has 1 aromatic carbocycles.